The van der Waals surface area contributed by atoms with Crippen LogP contribution in [0.25, 0.3) is 0 Å². The topological polar surface area (TPSA) is 113 Å². The van der Waals surface area contributed by atoms with Crippen molar-refractivity contribution in [2.24, 2.45) is 0 Å². The van der Waals surface area contributed by atoms with E-state index in [-0.39, 0.29) is 15.5 Å². The predicted molar refractivity (Wildman–Crippen MR) is 144 cm³/mol. The third kappa shape index (κ3) is 6.61. The zero-order chi connectivity index (χ0) is 27.2. The van der Waals surface area contributed by atoms with Crippen molar-refractivity contribution in [3.8, 4) is 5.75 Å². The number of hydrogen-bond acceptors (Lipinski definition) is 6. The van der Waals surface area contributed by atoms with E-state index in [0.717, 1.165) is 4.31 Å². The zero-order valence-corrected chi connectivity index (χ0v) is 23.0. The number of rotatable bonds is 11. The summed E-state index contributed by atoms with van der Waals surface area (Å²) in [6.07, 6.45) is 0. The molecule has 0 aliphatic carbocycles. The number of carbonyl (C=O) groups excluding carboxylic acids is 1. The van der Waals surface area contributed by atoms with Gasteiger partial charge in [0.1, 0.15) is 12.3 Å². The van der Waals surface area contributed by atoms with Crippen molar-refractivity contribution in [3.05, 3.63) is 77.8 Å². The molecule has 1 N–H and O–H groups in total. The average molecular weight is 566 g/mol. The first-order valence-corrected chi connectivity index (χ1v) is 14.6. The first kappa shape index (κ1) is 28.5. The summed E-state index contributed by atoms with van der Waals surface area (Å²) in [6.45, 7) is 3.64. The van der Waals surface area contributed by atoms with Crippen LogP contribution >= 0.6 is 11.6 Å². The van der Waals surface area contributed by atoms with Crippen LogP contribution < -0.4 is 14.4 Å². The van der Waals surface area contributed by atoms with Gasteiger partial charge < -0.3 is 10.1 Å². The first-order valence-electron chi connectivity index (χ1n) is 11.3. The Hall–Kier alpha value is -3.12. The van der Waals surface area contributed by atoms with Crippen LogP contribution in [0, 0.1) is 0 Å². The van der Waals surface area contributed by atoms with E-state index in [1.165, 1.54) is 84.2 Å². The van der Waals surface area contributed by atoms with Gasteiger partial charge in [-0.2, -0.15) is 4.31 Å². The molecule has 0 saturated carbocycles. The normalized spacial score (nSPS) is 11.8. The number of benzene rings is 3. The highest BCUT2D eigenvalue weighted by Gasteiger charge is 2.28. The van der Waals surface area contributed by atoms with Gasteiger partial charge in [0.25, 0.3) is 10.0 Å². The summed E-state index contributed by atoms with van der Waals surface area (Å²) in [4.78, 5) is 13.0. The molecule has 0 aliphatic heterocycles. The van der Waals surface area contributed by atoms with Crippen molar-refractivity contribution in [3.63, 3.8) is 0 Å². The number of anilines is 2. The van der Waals surface area contributed by atoms with Gasteiger partial charge in [0.15, 0.2) is 0 Å². The molecule has 198 valence electrons. The average Bonchev–Trinajstić information content (AvgIpc) is 2.88. The fourth-order valence-corrected chi connectivity index (χ4v) is 6.56. The van der Waals surface area contributed by atoms with Crippen molar-refractivity contribution >= 4 is 48.9 Å². The van der Waals surface area contributed by atoms with Crippen LogP contribution in [-0.2, 0) is 24.8 Å². The standard InChI is InChI=1S/C25H28ClN3O6S2/c1-4-28(5-2)36(31,32)23-14-8-20(9-15-23)27-25(30)18-29(21-10-6-19(26)7-11-21)37(33,34)24-16-12-22(35-3)13-17-24/h6-17H,4-5,18H2,1-3H3,(H,27,30). The van der Waals surface area contributed by atoms with Crippen molar-refractivity contribution < 1.29 is 26.4 Å². The molecule has 3 aromatic carbocycles. The SMILES string of the molecule is CCN(CC)S(=O)(=O)c1ccc(NC(=O)CN(c2ccc(Cl)cc2)S(=O)(=O)c2ccc(OC)cc2)cc1. The molecule has 0 unspecified atom stereocenters. The maximum atomic E-state index is 13.5. The summed E-state index contributed by atoms with van der Waals surface area (Å²) in [7, 11) is -6.31. The molecule has 0 bridgehead atoms. The number of sulfonamides is 2. The van der Waals surface area contributed by atoms with E-state index in [1.54, 1.807) is 13.8 Å². The molecule has 3 aromatic rings. The summed E-state index contributed by atoms with van der Waals surface area (Å²) in [5, 5.41) is 3.04. The van der Waals surface area contributed by atoms with Crippen LogP contribution in [0.4, 0.5) is 11.4 Å². The van der Waals surface area contributed by atoms with Crippen molar-refractivity contribution in [2.75, 3.05) is 36.4 Å². The molecule has 37 heavy (non-hydrogen) atoms. The second-order valence-corrected chi connectivity index (χ2v) is 12.1. The van der Waals surface area contributed by atoms with Crippen molar-refractivity contribution in [2.45, 2.75) is 23.6 Å². The van der Waals surface area contributed by atoms with E-state index in [2.05, 4.69) is 5.32 Å². The third-order valence-electron chi connectivity index (χ3n) is 5.53. The fourth-order valence-electron chi connectivity index (χ4n) is 3.55. The molecule has 0 aromatic heterocycles. The Bertz CT molecular complexity index is 1420. The van der Waals surface area contributed by atoms with Gasteiger partial charge in [-0.1, -0.05) is 25.4 Å². The minimum atomic E-state index is -4.13. The van der Waals surface area contributed by atoms with Crippen LogP contribution in [0.2, 0.25) is 5.02 Å². The van der Waals surface area contributed by atoms with E-state index in [4.69, 9.17) is 16.3 Å². The Morgan fingerprint density at radius 1 is 0.811 bits per heavy atom. The lowest BCUT2D eigenvalue weighted by Crippen LogP contribution is -2.38. The zero-order valence-electron chi connectivity index (χ0n) is 20.6. The number of carbonyl (C=O) groups is 1. The molecular formula is C25H28ClN3O6S2. The minimum Gasteiger partial charge on any atom is -0.497 e. The van der Waals surface area contributed by atoms with Crippen LogP contribution in [0.15, 0.2) is 82.6 Å². The molecule has 0 aliphatic rings. The third-order valence-corrected chi connectivity index (χ3v) is 9.63. The van der Waals surface area contributed by atoms with Gasteiger partial charge in [0.05, 0.1) is 22.6 Å². The molecule has 9 nitrogen and oxygen atoms in total. The lowest BCUT2D eigenvalue weighted by Gasteiger charge is -2.24. The van der Waals surface area contributed by atoms with Crippen LogP contribution in [-0.4, -0.2) is 53.8 Å². The van der Waals surface area contributed by atoms with Gasteiger partial charge in [0, 0.05) is 23.8 Å². The van der Waals surface area contributed by atoms with E-state index in [9.17, 15) is 21.6 Å². The maximum Gasteiger partial charge on any atom is 0.264 e. The Labute approximate surface area is 222 Å². The number of ether oxygens (including phenoxy) is 1. The molecule has 0 saturated heterocycles. The second-order valence-electron chi connectivity index (χ2n) is 7.83. The number of halogens is 1. The van der Waals surface area contributed by atoms with Gasteiger partial charge in [0.2, 0.25) is 15.9 Å². The molecule has 0 radical (unpaired) electrons. The van der Waals surface area contributed by atoms with Crippen molar-refractivity contribution in [1.29, 1.82) is 0 Å². The van der Waals surface area contributed by atoms with Crippen molar-refractivity contribution in [1.82, 2.24) is 4.31 Å². The van der Waals surface area contributed by atoms with Crippen LogP contribution in [0.5, 0.6) is 5.75 Å². The maximum absolute atomic E-state index is 13.5. The van der Waals surface area contributed by atoms with E-state index in [1.807, 2.05) is 0 Å². The number of nitrogens with one attached hydrogen (secondary N) is 1. The highest BCUT2D eigenvalue weighted by Crippen LogP contribution is 2.27. The first-order chi connectivity index (χ1) is 17.5. The van der Waals surface area contributed by atoms with Gasteiger partial charge in [-0.05, 0) is 72.8 Å². The highest BCUT2D eigenvalue weighted by atomic mass is 35.5. The lowest BCUT2D eigenvalue weighted by molar-refractivity contribution is -0.114. The molecule has 0 heterocycles. The monoisotopic (exact) mass is 565 g/mol. The smallest absolute Gasteiger partial charge is 0.264 e. The van der Waals surface area contributed by atoms with Crippen LogP contribution in [0.1, 0.15) is 13.8 Å². The predicted octanol–water partition coefficient (Wildman–Crippen LogP) is 4.21. The minimum absolute atomic E-state index is 0.0259. The molecular weight excluding hydrogens is 538 g/mol. The molecule has 0 fully saturated rings. The Balaban J connectivity index is 1.86. The highest BCUT2D eigenvalue weighted by molar-refractivity contribution is 7.92. The van der Waals surface area contributed by atoms with E-state index in [0.29, 0.717) is 29.5 Å². The summed E-state index contributed by atoms with van der Waals surface area (Å²) in [6, 6.07) is 17.6. The fraction of sp³-hybridized carbons (Fsp3) is 0.240. The molecule has 1 amide bonds. The number of nitrogens with zero attached hydrogens (tertiary/aromatic N) is 2. The summed E-state index contributed by atoms with van der Waals surface area (Å²) in [5.41, 5.74) is 0.567. The molecule has 12 heteroatoms. The number of methoxy groups -OCH3 is 1. The Morgan fingerprint density at radius 3 is 1.84 bits per heavy atom. The van der Waals surface area contributed by atoms with Gasteiger partial charge in [-0.3, -0.25) is 9.10 Å². The lowest BCUT2D eigenvalue weighted by atomic mass is 10.3. The van der Waals surface area contributed by atoms with E-state index < -0.39 is 32.5 Å². The molecule has 3 rings (SSSR count). The summed E-state index contributed by atoms with van der Waals surface area (Å²) < 4.78 is 59.7. The Morgan fingerprint density at radius 2 is 1.32 bits per heavy atom. The second kappa shape index (κ2) is 12.0. The molecule has 0 atom stereocenters. The summed E-state index contributed by atoms with van der Waals surface area (Å²) in [5.74, 6) is -0.132. The molecule has 0 spiro atoms. The Kier molecular flexibility index (Phi) is 9.19. The number of hydrogen-bond donors (Lipinski definition) is 1. The largest absolute Gasteiger partial charge is 0.497 e. The summed E-state index contributed by atoms with van der Waals surface area (Å²) >= 11 is 5.97. The van der Waals surface area contributed by atoms with Gasteiger partial charge >= 0.3 is 0 Å². The van der Waals surface area contributed by atoms with Crippen LogP contribution in [0.3, 0.4) is 0 Å². The quantitative estimate of drug-likeness (QED) is 0.372. The number of amides is 1. The van der Waals surface area contributed by atoms with E-state index >= 15 is 0 Å². The van der Waals surface area contributed by atoms with Gasteiger partial charge in [-0.15, -0.1) is 0 Å². The van der Waals surface area contributed by atoms with Gasteiger partial charge in [-0.25, -0.2) is 16.8 Å².